The van der Waals surface area contributed by atoms with Crippen molar-refractivity contribution in [1.82, 2.24) is 19.9 Å². The Bertz CT molecular complexity index is 662. The minimum atomic E-state index is -3.19. The Labute approximate surface area is 158 Å². The van der Waals surface area contributed by atoms with E-state index in [9.17, 15) is 8.42 Å². The zero-order valence-electron chi connectivity index (χ0n) is 15.0. The molecule has 1 fully saturated rings. The number of rotatable bonds is 7. The smallest absolute Gasteiger partial charge is 0.215 e. The first kappa shape index (κ1) is 20.5. The van der Waals surface area contributed by atoms with E-state index in [0.29, 0.717) is 32.1 Å². The van der Waals surface area contributed by atoms with Gasteiger partial charge < -0.3 is 10.6 Å². The van der Waals surface area contributed by atoms with Gasteiger partial charge in [-0.2, -0.15) is 11.8 Å². The van der Waals surface area contributed by atoms with Gasteiger partial charge in [0.05, 0.1) is 16.5 Å². The maximum absolute atomic E-state index is 12.3. The predicted molar refractivity (Wildman–Crippen MR) is 107 cm³/mol. The highest BCUT2D eigenvalue weighted by molar-refractivity contribution is 7.99. The zero-order valence-corrected chi connectivity index (χ0v) is 17.5. The lowest BCUT2D eigenvalue weighted by Gasteiger charge is -2.25. The second kappa shape index (κ2) is 9.75. The quantitative estimate of drug-likeness (QED) is 0.517. The van der Waals surface area contributed by atoms with Crippen molar-refractivity contribution in [3.8, 4) is 0 Å². The third-order valence-electron chi connectivity index (χ3n) is 3.94. The fourth-order valence-electron chi connectivity index (χ4n) is 2.41. The standard InChI is InChI=1S/C15H27N5O2S3/c1-12-13(2)24-14(19-12)4-5-17-15(16-3)18-6-11-25(21,22)20-7-9-23-10-8-20/h4-11H2,1-3H3,(H2,16,17,18). The number of nitrogens with zero attached hydrogens (tertiary/aromatic N) is 3. The summed E-state index contributed by atoms with van der Waals surface area (Å²) < 4.78 is 26.2. The molecule has 1 saturated heterocycles. The summed E-state index contributed by atoms with van der Waals surface area (Å²) in [6.07, 6.45) is 0.823. The Morgan fingerprint density at radius 1 is 1.24 bits per heavy atom. The van der Waals surface area contributed by atoms with Gasteiger partial charge in [0, 0.05) is 56.0 Å². The van der Waals surface area contributed by atoms with Gasteiger partial charge >= 0.3 is 0 Å². The topological polar surface area (TPSA) is 86.7 Å². The molecule has 7 nitrogen and oxygen atoms in total. The molecule has 0 amide bonds. The molecule has 2 heterocycles. The molecule has 0 radical (unpaired) electrons. The minimum absolute atomic E-state index is 0.0865. The van der Waals surface area contributed by atoms with Gasteiger partial charge in [-0.25, -0.2) is 17.7 Å². The highest BCUT2D eigenvalue weighted by Crippen LogP contribution is 2.16. The molecule has 0 saturated carbocycles. The van der Waals surface area contributed by atoms with Gasteiger partial charge in [0.25, 0.3) is 0 Å². The van der Waals surface area contributed by atoms with E-state index in [1.54, 1.807) is 34.5 Å². The molecule has 1 aliphatic rings. The second-order valence-electron chi connectivity index (χ2n) is 5.75. The summed E-state index contributed by atoms with van der Waals surface area (Å²) in [5.41, 5.74) is 1.09. The van der Waals surface area contributed by atoms with Crippen LogP contribution in [0.3, 0.4) is 0 Å². The Morgan fingerprint density at radius 3 is 2.52 bits per heavy atom. The SMILES string of the molecule is CN=C(NCCc1nc(C)c(C)s1)NCCS(=O)(=O)N1CCSCC1. The molecule has 0 unspecified atom stereocenters. The van der Waals surface area contributed by atoms with Gasteiger partial charge in [0.2, 0.25) is 10.0 Å². The van der Waals surface area contributed by atoms with E-state index in [0.717, 1.165) is 28.6 Å². The van der Waals surface area contributed by atoms with Gasteiger partial charge in [-0.05, 0) is 13.8 Å². The fraction of sp³-hybridized carbons (Fsp3) is 0.733. The number of hydrogen-bond donors (Lipinski definition) is 2. The monoisotopic (exact) mass is 405 g/mol. The Hall–Kier alpha value is -0.840. The predicted octanol–water partition coefficient (Wildman–Crippen LogP) is 0.846. The minimum Gasteiger partial charge on any atom is -0.356 e. The van der Waals surface area contributed by atoms with Crippen LogP contribution in [0, 0.1) is 13.8 Å². The average Bonchev–Trinajstić information content (AvgIpc) is 2.92. The van der Waals surface area contributed by atoms with Crippen LogP contribution in [0.15, 0.2) is 4.99 Å². The van der Waals surface area contributed by atoms with Gasteiger partial charge in [-0.15, -0.1) is 11.3 Å². The summed E-state index contributed by atoms with van der Waals surface area (Å²) in [5, 5.41) is 7.38. The third kappa shape index (κ3) is 6.43. The lowest BCUT2D eigenvalue weighted by molar-refractivity contribution is 0.443. The van der Waals surface area contributed by atoms with Gasteiger partial charge in [0.15, 0.2) is 5.96 Å². The molecule has 1 aromatic rings. The van der Waals surface area contributed by atoms with Crippen LogP contribution in [-0.4, -0.2) is 74.2 Å². The molecule has 142 valence electrons. The number of aliphatic imine (C=N–C) groups is 1. The van der Waals surface area contributed by atoms with Crippen LogP contribution >= 0.6 is 23.1 Å². The molecule has 0 aliphatic carbocycles. The summed E-state index contributed by atoms with van der Waals surface area (Å²) in [7, 11) is -1.50. The molecule has 10 heteroatoms. The van der Waals surface area contributed by atoms with Crippen LogP contribution in [0.1, 0.15) is 15.6 Å². The summed E-state index contributed by atoms with van der Waals surface area (Å²) >= 11 is 3.51. The second-order valence-corrected chi connectivity index (χ2v) is 10.4. The molecular weight excluding hydrogens is 378 g/mol. The largest absolute Gasteiger partial charge is 0.356 e. The number of guanidine groups is 1. The van der Waals surface area contributed by atoms with E-state index in [1.165, 1.54) is 4.88 Å². The number of nitrogens with one attached hydrogen (secondary N) is 2. The van der Waals surface area contributed by atoms with Gasteiger partial charge in [-0.1, -0.05) is 0 Å². The third-order valence-corrected chi connectivity index (χ3v) is 7.89. The molecule has 0 spiro atoms. The zero-order chi connectivity index (χ0) is 18.3. The molecule has 2 rings (SSSR count). The summed E-state index contributed by atoms with van der Waals surface area (Å²) in [5.74, 6) is 2.47. The Balaban J connectivity index is 1.71. The van der Waals surface area contributed by atoms with E-state index in [4.69, 9.17) is 0 Å². The van der Waals surface area contributed by atoms with Crippen molar-refractivity contribution < 1.29 is 8.42 Å². The highest BCUT2D eigenvalue weighted by Gasteiger charge is 2.23. The molecule has 0 aromatic carbocycles. The maximum atomic E-state index is 12.3. The van der Waals surface area contributed by atoms with Crippen molar-refractivity contribution >= 4 is 39.1 Å². The average molecular weight is 406 g/mol. The fourth-order valence-corrected chi connectivity index (χ4v) is 5.83. The van der Waals surface area contributed by atoms with E-state index >= 15 is 0 Å². The van der Waals surface area contributed by atoms with E-state index in [-0.39, 0.29) is 5.75 Å². The first-order valence-corrected chi connectivity index (χ1v) is 11.9. The number of hydrogen-bond acceptors (Lipinski definition) is 6. The molecule has 0 atom stereocenters. The molecule has 1 aliphatic heterocycles. The van der Waals surface area contributed by atoms with Crippen molar-refractivity contribution in [2.24, 2.45) is 4.99 Å². The van der Waals surface area contributed by atoms with Crippen LogP contribution in [0.2, 0.25) is 0 Å². The summed E-state index contributed by atoms with van der Waals surface area (Å²) in [4.78, 5) is 9.90. The Kier molecular flexibility index (Phi) is 7.98. The number of aromatic nitrogens is 1. The van der Waals surface area contributed by atoms with Gasteiger partial charge in [-0.3, -0.25) is 4.99 Å². The molecule has 1 aromatic heterocycles. The maximum Gasteiger partial charge on any atom is 0.215 e. The molecule has 25 heavy (non-hydrogen) atoms. The van der Waals surface area contributed by atoms with Crippen molar-refractivity contribution in [2.75, 3.05) is 50.5 Å². The van der Waals surface area contributed by atoms with E-state index in [2.05, 4.69) is 27.5 Å². The summed E-state index contributed by atoms with van der Waals surface area (Å²) in [6, 6.07) is 0. The molecular formula is C15H27N5O2S3. The first-order valence-electron chi connectivity index (χ1n) is 8.35. The lowest BCUT2D eigenvalue weighted by atomic mass is 10.4. The Morgan fingerprint density at radius 2 is 1.92 bits per heavy atom. The number of aryl methyl sites for hydroxylation is 2. The van der Waals surface area contributed by atoms with Crippen LogP contribution in [-0.2, 0) is 16.4 Å². The number of thioether (sulfide) groups is 1. The highest BCUT2D eigenvalue weighted by atomic mass is 32.2. The molecule has 0 bridgehead atoms. The summed E-state index contributed by atoms with van der Waals surface area (Å²) in [6.45, 7) is 6.39. The van der Waals surface area contributed by atoms with Gasteiger partial charge in [0.1, 0.15) is 0 Å². The van der Waals surface area contributed by atoms with Crippen molar-refractivity contribution in [3.63, 3.8) is 0 Å². The number of sulfonamides is 1. The first-order chi connectivity index (χ1) is 11.9. The van der Waals surface area contributed by atoms with Crippen LogP contribution in [0.4, 0.5) is 0 Å². The normalized spacial score (nSPS) is 16.8. The van der Waals surface area contributed by atoms with Crippen LogP contribution < -0.4 is 10.6 Å². The lowest BCUT2D eigenvalue weighted by Crippen LogP contribution is -2.44. The van der Waals surface area contributed by atoms with E-state index in [1.807, 2.05) is 6.92 Å². The van der Waals surface area contributed by atoms with Crippen LogP contribution in [0.5, 0.6) is 0 Å². The van der Waals surface area contributed by atoms with Crippen molar-refractivity contribution in [3.05, 3.63) is 15.6 Å². The van der Waals surface area contributed by atoms with E-state index < -0.39 is 10.0 Å². The van der Waals surface area contributed by atoms with Crippen molar-refractivity contribution in [2.45, 2.75) is 20.3 Å². The van der Waals surface area contributed by atoms with Crippen molar-refractivity contribution in [1.29, 1.82) is 0 Å². The molecule has 2 N–H and O–H groups in total. The van der Waals surface area contributed by atoms with Crippen LogP contribution in [0.25, 0.3) is 0 Å². The number of thiazole rings is 1.